The average Bonchev–Trinajstić information content (AvgIpc) is 3.04. The van der Waals surface area contributed by atoms with Crippen molar-refractivity contribution in [1.82, 2.24) is 5.32 Å². The number of thioether (sulfide) groups is 1. The van der Waals surface area contributed by atoms with Gasteiger partial charge in [-0.15, -0.1) is 11.8 Å². The Labute approximate surface area is 261 Å². The van der Waals surface area contributed by atoms with Gasteiger partial charge in [-0.05, 0) is 77.0 Å². The molecule has 0 radical (unpaired) electrons. The maximum atomic E-state index is 13.5. The maximum Gasteiger partial charge on any atom is 0.416 e. The zero-order valence-corrected chi connectivity index (χ0v) is 24.4. The summed E-state index contributed by atoms with van der Waals surface area (Å²) in [6, 6.07) is 33.1. The predicted octanol–water partition coefficient (Wildman–Crippen LogP) is 8.00. The Balaban J connectivity index is 1.26. The van der Waals surface area contributed by atoms with Crippen LogP contribution in [0.4, 0.5) is 24.5 Å². The van der Waals surface area contributed by atoms with Crippen molar-refractivity contribution in [2.45, 2.75) is 11.1 Å². The number of nitrogens with one attached hydrogen (secondary N) is 3. The van der Waals surface area contributed by atoms with Crippen LogP contribution < -0.4 is 16.0 Å². The third kappa shape index (κ3) is 8.39. The number of hydrogen-bond acceptors (Lipinski definition) is 4. The van der Waals surface area contributed by atoms with E-state index in [1.54, 1.807) is 60.7 Å². The van der Waals surface area contributed by atoms with Crippen LogP contribution in [0.1, 0.15) is 21.5 Å². The fourth-order valence-corrected chi connectivity index (χ4v) is 5.12. The van der Waals surface area contributed by atoms with Crippen LogP contribution in [0.3, 0.4) is 0 Å². The smallest absolute Gasteiger partial charge is 0.325 e. The van der Waals surface area contributed by atoms with Crippen molar-refractivity contribution in [3.8, 4) is 0 Å². The van der Waals surface area contributed by atoms with Crippen LogP contribution in [-0.4, -0.2) is 23.5 Å². The summed E-state index contributed by atoms with van der Waals surface area (Å²) in [4.78, 5) is 39.5. The standard InChI is InChI=1S/C35H26F3N3O3S/c36-35(37,38)26-13-7-14-28(21-26)39-32(42)22-45-29-18-16-27(17-19-29)40-34(44)31(41-33(43)24-9-2-1-3-10-24)20-25-12-6-11-23-8-4-5-15-30(23)25/h1-21H,22H2,(H,39,42)(H,40,44)(H,41,43)/b31-20-. The Hall–Kier alpha value is -5.35. The van der Waals surface area contributed by atoms with E-state index in [9.17, 15) is 27.6 Å². The molecule has 0 aliphatic rings. The van der Waals surface area contributed by atoms with Crippen molar-refractivity contribution in [3.05, 3.63) is 144 Å². The van der Waals surface area contributed by atoms with Crippen LogP contribution in [-0.2, 0) is 15.8 Å². The lowest BCUT2D eigenvalue weighted by molar-refractivity contribution is -0.137. The summed E-state index contributed by atoms with van der Waals surface area (Å²) in [5.74, 6) is -1.47. The zero-order chi connectivity index (χ0) is 31.8. The second-order valence-corrected chi connectivity index (χ2v) is 10.9. The van der Waals surface area contributed by atoms with Crippen LogP contribution in [0.5, 0.6) is 0 Å². The summed E-state index contributed by atoms with van der Waals surface area (Å²) in [7, 11) is 0. The molecule has 226 valence electrons. The van der Waals surface area contributed by atoms with Gasteiger partial charge in [-0.1, -0.05) is 66.7 Å². The summed E-state index contributed by atoms with van der Waals surface area (Å²) in [6.07, 6.45) is -2.88. The number of carbonyl (C=O) groups excluding carboxylic acids is 3. The molecule has 0 fully saturated rings. The Kier molecular flexibility index (Phi) is 9.64. The van der Waals surface area contributed by atoms with E-state index in [1.165, 1.54) is 23.9 Å². The third-order valence-corrected chi connectivity index (χ3v) is 7.62. The second-order valence-electron chi connectivity index (χ2n) is 9.84. The number of fused-ring (bicyclic) bond motifs is 1. The number of alkyl halides is 3. The first kappa shape index (κ1) is 31.1. The van der Waals surface area contributed by atoms with E-state index in [4.69, 9.17) is 0 Å². The van der Waals surface area contributed by atoms with Crippen molar-refractivity contribution in [2.75, 3.05) is 16.4 Å². The molecular weight excluding hydrogens is 599 g/mol. The molecule has 0 saturated carbocycles. The fraction of sp³-hybridized carbons (Fsp3) is 0.0571. The average molecular weight is 626 g/mol. The molecule has 0 saturated heterocycles. The van der Waals surface area contributed by atoms with Crippen molar-refractivity contribution in [1.29, 1.82) is 0 Å². The van der Waals surface area contributed by atoms with E-state index in [-0.39, 0.29) is 17.1 Å². The van der Waals surface area contributed by atoms with Crippen molar-refractivity contribution >= 4 is 57.7 Å². The van der Waals surface area contributed by atoms with Crippen molar-refractivity contribution < 1.29 is 27.6 Å². The summed E-state index contributed by atoms with van der Waals surface area (Å²) in [5, 5.41) is 9.92. The second kappa shape index (κ2) is 14.0. The molecule has 0 spiro atoms. The van der Waals surface area contributed by atoms with E-state index >= 15 is 0 Å². The minimum absolute atomic E-state index is 0.0363. The highest BCUT2D eigenvalue weighted by molar-refractivity contribution is 8.00. The topological polar surface area (TPSA) is 87.3 Å². The van der Waals surface area contributed by atoms with E-state index in [2.05, 4.69) is 16.0 Å². The molecule has 0 bridgehead atoms. The highest BCUT2D eigenvalue weighted by atomic mass is 32.2. The number of carbonyl (C=O) groups is 3. The lowest BCUT2D eigenvalue weighted by Crippen LogP contribution is -2.30. The number of amides is 3. The maximum absolute atomic E-state index is 13.5. The Morgan fingerprint density at radius 3 is 2.16 bits per heavy atom. The van der Waals surface area contributed by atoms with Gasteiger partial charge in [-0.25, -0.2) is 0 Å². The van der Waals surface area contributed by atoms with Gasteiger partial charge in [0.15, 0.2) is 0 Å². The van der Waals surface area contributed by atoms with Gasteiger partial charge in [0, 0.05) is 21.8 Å². The van der Waals surface area contributed by atoms with E-state index in [0.29, 0.717) is 16.1 Å². The van der Waals surface area contributed by atoms with Crippen LogP contribution in [0.2, 0.25) is 0 Å². The molecule has 3 N–H and O–H groups in total. The molecule has 5 aromatic carbocycles. The normalized spacial score (nSPS) is 11.6. The molecule has 0 heterocycles. The van der Waals surface area contributed by atoms with Gasteiger partial charge < -0.3 is 16.0 Å². The highest BCUT2D eigenvalue weighted by Gasteiger charge is 2.30. The third-order valence-electron chi connectivity index (χ3n) is 6.61. The molecule has 10 heteroatoms. The number of halogens is 3. The van der Waals surface area contributed by atoms with Crippen LogP contribution in [0.15, 0.2) is 132 Å². The highest BCUT2D eigenvalue weighted by Crippen LogP contribution is 2.31. The van der Waals surface area contributed by atoms with Crippen molar-refractivity contribution in [3.63, 3.8) is 0 Å². The summed E-state index contributed by atoms with van der Waals surface area (Å²) < 4.78 is 38.8. The predicted molar refractivity (Wildman–Crippen MR) is 172 cm³/mol. The molecular formula is C35H26F3N3O3S. The van der Waals surface area contributed by atoms with E-state index < -0.39 is 29.5 Å². The molecule has 6 nitrogen and oxygen atoms in total. The molecule has 45 heavy (non-hydrogen) atoms. The number of hydrogen-bond donors (Lipinski definition) is 3. The Bertz CT molecular complexity index is 1870. The number of anilines is 2. The van der Waals surface area contributed by atoms with Crippen molar-refractivity contribution in [2.24, 2.45) is 0 Å². The minimum atomic E-state index is -4.51. The molecule has 0 atom stereocenters. The summed E-state index contributed by atoms with van der Waals surface area (Å²) in [5.41, 5.74) is 0.857. The Morgan fingerprint density at radius 1 is 0.711 bits per heavy atom. The lowest BCUT2D eigenvalue weighted by Gasteiger charge is -2.13. The lowest BCUT2D eigenvalue weighted by atomic mass is 10.0. The molecule has 0 aromatic heterocycles. The van der Waals surface area contributed by atoms with Gasteiger partial charge in [0.05, 0.1) is 11.3 Å². The summed E-state index contributed by atoms with van der Waals surface area (Å²) >= 11 is 1.18. The first-order valence-corrected chi connectivity index (χ1v) is 14.7. The van der Waals surface area contributed by atoms with Crippen LogP contribution in [0, 0.1) is 0 Å². The summed E-state index contributed by atoms with van der Waals surface area (Å²) in [6.45, 7) is 0. The SMILES string of the molecule is O=C(CSc1ccc(NC(=O)/C(=C/c2cccc3ccccc23)NC(=O)c2ccccc2)cc1)Nc1cccc(C(F)(F)F)c1. The van der Waals surface area contributed by atoms with Gasteiger partial charge in [0.2, 0.25) is 5.91 Å². The molecule has 0 aliphatic carbocycles. The first-order chi connectivity index (χ1) is 21.7. The van der Waals surface area contributed by atoms with Crippen LogP contribution >= 0.6 is 11.8 Å². The fourth-order valence-electron chi connectivity index (χ4n) is 4.43. The monoisotopic (exact) mass is 625 g/mol. The van der Waals surface area contributed by atoms with Crippen LogP contribution in [0.25, 0.3) is 16.8 Å². The molecule has 5 rings (SSSR count). The largest absolute Gasteiger partial charge is 0.416 e. The minimum Gasteiger partial charge on any atom is -0.325 e. The van der Waals surface area contributed by atoms with E-state index in [1.807, 2.05) is 42.5 Å². The first-order valence-electron chi connectivity index (χ1n) is 13.7. The van der Waals surface area contributed by atoms with Gasteiger partial charge in [-0.2, -0.15) is 13.2 Å². The molecule has 0 aliphatic heterocycles. The molecule has 0 unspecified atom stereocenters. The van der Waals surface area contributed by atoms with Gasteiger partial charge in [0.1, 0.15) is 5.70 Å². The molecule has 3 amide bonds. The van der Waals surface area contributed by atoms with Gasteiger partial charge in [-0.3, -0.25) is 14.4 Å². The van der Waals surface area contributed by atoms with Gasteiger partial charge in [0.25, 0.3) is 11.8 Å². The Morgan fingerprint density at radius 2 is 1.40 bits per heavy atom. The number of rotatable bonds is 9. The number of benzene rings is 5. The zero-order valence-electron chi connectivity index (χ0n) is 23.6. The molecule has 5 aromatic rings. The van der Waals surface area contributed by atoms with E-state index in [0.717, 1.165) is 28.5 Å². The van der Waals surface area contributed by atoms with Gasteiger partial charge >= 0.3 is 6.18 Å². The quantitative estimate of drug-likeness (QED) is 0.114.